The van der Waals surface area contributed by atoms with E-state index in [-0.39, 0.29) is 110 Å². The molecule has 4 aromatic rings. The Kier molecular flexibility index (Phi) is 18.7. The molecule has 0 aliphatic carbocycles. The molecule has 0 unspecified atom stereocenters. The van der Waals surface area contributed by atoms with Gasteiger partial charge in [-0.1, -0.05) is 30.3 Å². The number of hydrogen-bond donors (Lipinski definition) is 1. The maximum absolute atomic E-state index is 11.8. The first kappa shape index (κ1) is 43.3. The number of hydrogen-bond acceptors (Lipinski definition) is 11. The van der Waals surface area contributed by atoms with Crippen LogP contribution in [0.5, 0.6) is 5.75 Å². The minimum atomic E-state index is -4.99. The fourth-order valence-corrected chi connectivity index (χ4v) is 4.19. The second-order valence-electron chi connectivity index (χ2n) is 7.11. The molecular weight excluding hydrogens is 606 g/mol. The van der Waals surface area contributed by atoms with Crippen molar-refractivity contribution in [3.8, 4) is 5.75 Å². The Morgan fingerprint density at radius 1 is 0.610 bits per heavy atom. The van der Waals surface area contributed by atoms with Crippen molar-refractivity contribution in [3.05, 3.63) is 78.9 Å². The molecule has 0 bridgehead atoms. The van der Waals surface area contributed by atoms with Crippen LogP contribution in [0.2, 0.25) is 0 Å². The Bertz CT molecular complexity index is 1720. The molecule has 0 aliphatic heterocycles. The molecule has 0 heterocycles. The van der Waals surface area contributed by atoms with Crippen molar-refractivity contribution in [1.82, 2.24) is 0 Å². The van der Waals surface area contributed by atoms with E-state index in [0.29, 0.717) is 5.39 Å². The van der Waals surface area contributed by atoms with Gasteiger partial charge in [-0.05, 0) is 53.9 Å². The van der Waals surface area contributed by atoms with E-state index in [9.17, 15) is 31.0 Å². The van der Waals surface area contributed by atoms with Crippen LogP contribution in [0, 0.1) is 0 Å². The van der Waals surface area contributed by atoms with Crippen molar-refractivity contribution in [2.75, 3.05) is 0 Å². The van der Waals surface area contributed by atoms with E-state index in [0.717, 1.165) is 23.6 Å². The Balaban J connectivity index is -0.00000241. The zero-order chi connectivity index (χ0) is 25.2. The van der Waals surface area contributed by atoms with Gasteiger partial charge in [-0.3, -0.25) is 0 Å². The van der Waals surface area contributed by atoms with Gasteiger partial charge in [0, 0.05) is 5.39 Å². The predicted octanol–water partition coefficient (Wildman–Crippen LogP) is -4.11. The molecular formula is C22H22N4Na2O11S2. The molecule has 0 radical (unpaired) electrons. The first-order valence-corrected chi connectivity index (χ1v) is 12.5. The Morgan fingerprint density at radius 2 is 1.17 bits per heavy atom. The number of rotatable bonds is 6. The monoisotopic (exact) mass is 628 g/mol. The summed E-state index contributed by atoms with van der Waals surface area (Å²) in [4.78, 5) is -1.15. The van der Waals surface area contributed by atoms with Gasteiger partial charge < -0.3 is 36.1 Å². The molecule has 0 fully saturated rings. The summed E-state index contributed by atoms with van der Waals surface area (Å²) in [6, 6.07) is 18.2. The molecule has 0 saturated carbocycles. The van der Waals surface area contributed by atoms with Crippen molar-refractivity contribution in [2.24, 2.45) is 20.5 Å². The summed E-state index contributed by atoms with van der Waals surface area (Å²) >= 11 is 0. The minimum absolute atomic E-state index is 0. The van der Waals surface area contributed by atoms with E-state index in [1.54, 1.807) is 30.3 Å². The van der Waals surface area contributed by atoms with Crippen LogP contribution in [0.3, 0.4) is 0 Å². The second kappa shape index (κ2) is 17.7. The van der Waals surface area contributed by atoms with Gasteiger partial charge in [-0.2, -0.15) is 10.2 Å². The van der Waals surface area contributed by atoms with Gasteiger partial charge in [0.25, 0.3) is 0 Å². The largest absolute Gasteiger partial charge is 1.00 e. The van der Waals surface area contributed by atoms with E-state index >= 15 is 0 Å². The molecule has 9 N–H and O–H groups in total. The summed E-state index contributed by atoms with van der Waals surface area (Å²) in [6.45, 7) is 0. The van der Waals surface area contributed by atoms with E-state index in [1.165, 1.54) is 30.3 Å². The van der Waals surface area contributed by atoms with Crippen LogP contribution in [0.15, 0.2) is 109 Å². The maximum Gasteiger partial charge on any atom is 1.00 e. The molecule has 4 aromatic carbocycles. The minimum Gasteiger partial charge on any atom is -0.744 e. The van der Waals surface area contributed by atoms with Gasteiger partial charge in [0.15, 0.2) is 0 Å². The fraction of sp³-hybridized carbons (Fsp3) is 0. The van der Waals surface area contributed by atoms with Crippen LogP contribution >= 0.6 is 0 Å². The third kappa shape index (κ3) is 10.9. The van der Waals surface area contributed by atoms with E-state index < -0.39 is 30.0 Å². The first-order chi connectivity index (χ1) is 16.5. The third-order valence-corrected chi connectivity index (χ3v) is 6.47. The Morgan fingerprint density at radius 3 is 1.76 bits per heavy atom. The summed E-state index contributed by atoms with van der Waals surface area (Å²) in [5.74, 6) is -0.180. The number of nitrogens with zero attached hydrogens (tertiary/aromatic N) is 4. The molecule has 4 rings (SSSR count). The number of phenols is 1. The standard InChI is InChI=1S/C22H16N4O7S2.2Na.4H2O/c27-20-12-5-14-3-1-2-4-18(14)22(20)26-25-19-11-8-16(13-21(19)35(31,32)33)24-23-15-6-9-17(10-7-15)34(28,29)30;;;;;;/h1-13,27H,(H,28,29,30)(H,31,32,33);;;4*1H2/q;2*+1;;;;/p-2. The van der Waals surface area contributed by atoms with Gasteiger partial charge in [0.2, 0.25) is 0 Å². The fourth-order valence-electron chi connectivity index (χ4n) is 3.10. The Hall–Kier alpha value is -2.20. The SMILES string of the molecule is O.O.O.O.O=S(=O)([O-])c1ccc(N=Nc2ccc(N=Nc3c(O)ccc4ccccc34)c(S(=O)(=O)[O-])c2)cc1.[Na+].[Na+]. The van der Waals surface area contributed by atoms with Crippen LogP contribution in [-0.4, -0.2) is 53.0 Å². The van der Waals surface area contributed by atoms with Gasteiger partial charge >= 0.3 is 59.1 Å². The van der Waals surface area contributed by atoms with Gasteiger partial charge in [-0.15, -0.1) is 10.2 Å². The van der Waals surface area contributed by atoms with Crippen LogP contribution in [-0.2, 0) is 20.2 Å². The van der Waals surface area contributed by atoms with Crippen molar-refractivity contribution < 1.29 is 112 Å². The molecule has 0 saturated heterocycles. The van der Waals surface area contributed by atoms with Crippen molar-refractivity contribution in [2.45, 2.75) is 9.79 Å². The van der Waals surface area contributed by atoms with Crippen LogP contribution < -0.4 is 59.1 Å². The quantitative estimate of drug-likeness (QED) is 0.125. The average molecular weight is 629 g/mol. The maximum atomic E-state index is 11.8. The summed E-state index contributed by atoms with van der Waals surface area (Å²) in [5.41, 5.74) is 0.00646. The number of azo groups is 2. The van der Waals surface area contributed by atoms with E-state index in [2.05, 4.69) is 20.5 Å². The zero-order valence-corrected chi connectivity index (χ0v) is 27.1. The number of aromatic hydroxyl groups is 1. The van der Waals surface area contributed by atoms with Gasteiger partial charge in [-0.25, -0.2) is 16.8 Å². The number of phenolic OH excluding ortho intramolecular Hbond substituents is 1. The topological polar surface area (TPSA) is 310 Å². The zero-order valence-electron chi connectivity index (χ0n) is 21.5. The summed E-state index contributed by atoms with van der Waals surface area (Å²) < 4.78 is 68.5. The van der Waals surface area contributed by atoms with Crippen LogP contribution in [0.1, 0.15) is 0 Å². The molecule has 0 atom stereocenters. The Labute approximate surface area is 278 Å². The van der Waals surface area contributed by atoms with Crippen LogP contribution in [0.4, 0.5) is 22.7 Å². The molecule has 0 amide bonds. The summed E-state index contributed by atoms with van der Waals surface area (Å²) in [7, 11) is -9.60. The molecule has 210 valence electrons. The number of benzene rings is 4. The number of fused-ring (bicyclic) bond motifs is 1. The van der Waals surface area contributed by atoms with Crippen LogP contribution in [0.25, 0.3) is 10.8 Å². The predicted molar refractivity (Wildman–Crippen MR) is 137 cm³/mol. The van der Waals surface area contributed by atoms with Gasteiger partial charge in [0.05, 0.1) is 21.2 Å². The second-order valence-corrected chi connectivity index (χ2v) is 9.84. The third-order valence-electron chi connectivity index (χ3n) is 4.76. The molecule has 41 heavy (non-hydrogen) atoms. The smallest absolute Gasteiger partial charge is 0.744 e. The van der Waals surface area contributed by atoms with Crippen molar-refractivity contribution >= 4 is 53.8 Å². The molecule has 15 nitrogen and oxygen atoms in total. The summed E-state index contributed by atoms with van der Waals surface area (Å²) in [5, 5.41) is 27.1. The first-order valence-electron chi connectivity index (χ1n) is 9.72. The van der Waals surface area contributed by atoms with E-state index in [4.69, 9.17) is 0 Å². The van der Waals surface area contributed by atoms with Gasteiger partial charge in [0.1, 0.15) is 37.4 Å². The molecule has 19 heteroatoms. The van der Waals surface area contributed by atoms with Crippen molar-refractivity contribution in [3.63, 3.8) is 0 Å². The molecule has 0 aliphatic rings. The molecule has 0 aromatic heterocycles. The normalized spacial score (nSPS) is 10.8. The molecule has 0 spiro atoms. The van der Waals surface area contributed by atoms with E-state index in [1.807, 2.05) is 0 Å². The average Bonchev–Trinajstić information content (AvgIpc) is 2.81. The van der Waals surface area contributed by atoms with Crippen molar-refractivity contribution in [1.29, 1.82) is 0 Å². The summed E-state index contributed by atoms with van der Waals surface area (Å²) in [6.07, 6.45) is 0.